The van der Waals surface area contributed by atoms with E-state index in [2.05, 4.69) is 71.9 Å². The molecule has 0 N–H and O–H groups in total. The maximum Gasteiger partial charge on any atom is 0.410 e. The zero-order valence-corrected chi connectivity index (χ0v) is 23.9. The number of nitrogens with zero attached hydrogens (tertiary/aromatic N) is 2. The molecule has 1 saturated heterocycles. The number of likely N-dealkylation sites (tertiary alicyclic amines) is 1. The molecular weight excluding hydrogens is 531 g/mol. The Morgan fingerprint density at radius 1 is 1.25 bits per heavy atom. The van der Waals surface area contributed by atoms with Crippen LogP contribution >= 0.6 is 22.6 Å². The summed E-state index contributed by atoms with van der Waals surface area (Å²) in [6.07, 6.45) is 1.85. The standard InChI is InChI=1S/C25H39IN2O3Si/c1-18-10-8-12-20-21(26)23(28(22(18)20)17-30-14-15-32(5,6)7)19-11-9-13-27(16-19)24(29)31-25(2,3)4/h8,10,12,19H,9,11,13-17H2,1-7H3. The van der Waals surface area contributed by atoms with Crippen molar-refractivity contribution in [2.24, 2.45) is 0 Å². The summed E-state index contributed by atoms with van der Waals surface area (Å²) < 4.78 is 15.6. The number of fused-ring (bicyclic) bond motifs is 1. The summed E-state index contributed by atoms with van der Waals surface area (Å²) in [5, 5.41) is 1.28. The van der Waals surface area contributed by atoms with Crippen molar-refractivity contribution in [3.63, 3.8) is 0 Å². The lowest BCUT2D eigenvalue weighted by Gasteiger charge is -2.35. The van der Waals surface area contributed by atoms with E-state index in [1.807, 2.05) is 25.7 Å². The van der Waals surface area contributed by atoms with Crippen LogP contribution in [0.25, 0.3) is 10.9 Å². The second-order valence-corrected chi connectivity index (χ2v) is 17.9. The van der Waals surface area contributed by atoms with Gasteiger partial charge in [0.2, 0.25) is 0 Å². The minimum absolute atomic E-state index is 0.206. The molecule has 2 aromatic rings. The molecule has 1 fully saturated rings. The third kappa shape index (κ3) is 6.29. The van der Waals surface area contributed by atoms with Gasteiger partial charge in [-0.25, -0.2) is 4.79 Å². The smallest absolute Gasteiger partial charge is 0.410 e. The Bertz CT molecular complexity index is 959. The lowest BCUT2D eigenvalue weighted by Crippen LogP contribution is -2.42. The Morgan fingerprint density at radius 3 is 2.62 bits per heavy atom. The number of carbonyl (C=O) groups is 1. The summed E-state index contributed by atoms with van der Waals surface area (Å²) in [5.74, 6) is 0.274. The number of benzene rings is 1. The van der Waals surface area contributed by atoms with Gasteiger partial charge in [-0.1, -0.05) is 37.8 Å². The average Bonchev–Trinajstić information content (AvgIpc) is 2.96. The second-order valence-electron chi connectivity index (χ2n) is 11.2. The third-order valence-electron chi connectivity index (χ3n) is 5.94. The van der Waals surface area contributed by atoms with Gasteiger partial charge in [0.1, 0.15) is 12.3 Å². The van der Waals surface area contributed by atoms with Gasteiger partial charge in [-0.05, 0) is 74.7 Å². The number of piperidine rings is 1. The predicted molar refractivity (Wildman–Crippen MR) is 143 cm³/mol. The number of aromatic nitrogens is 1. The number of rotatable bonds is 6. The van der Waals surface area contributed by atoms with E-state index in [0.717, 1.165) is 32.0 Å². The number of halogens is 1. The van der Waals surface area contributed by atoms with E-state index in [4.69, 9.17) is 9.47 Å². The SMILES string of the molecule is Cc1cccc2c(I)c(C3CCCN(C(=O)OC(C)(C)C)C3)n(COCC[Si](C)(C)C)c12. The summed E-state index contributed by atoms with van der Waals surface area (Å²) >= 11 is 2.49. The minimum Gasteiger partial charge on any atom is -0.444 e. The summed E-state index contributed by atoms with van der Waals surface area (Å²) in [6, 6.07) is 7.68. The van der Waals surface area contributed by atoms with Crippen molar-refractivity contribution in [2.45, 2.75) is 84.5 Å². The zero-order valence-electron chi connectivity index (χ0n) is 20.8. The molecule has 0 spiro atoms. The van der Waals surface area contributed by atoms with E-state index in [0.29, 0.717) is 13.3 Å². The molecule has 0 radical (unpaired) electrons. The van der Waals surface area contributed by atoms with Gasteiger partial charge < -0.3 is 18.9 Å². The molecule has 0 saturated carbocycles. The van der Waals surface area contributed by atoms with Crippen LogP contribution in [0, 0.1) is 10.5 Å². The minimum atomic E-state index is -1.14. The third-order valence-corrected chi connectivity index (χ3v) is 8.77. The molecule has 32 heavy (non-hydrogen) atoms. The maximum atomic E-state index is 12.8. The highest BCUT2D eigenvalue weighted by molar-refractivity contribution is 14.1. The van der Waals surface area contributed by atoms with E-state index in [1.165, 1.54) is 25.7 Å². The maximum absolute atomic E-state index is 12.8. The van der Waals surface area contributed by atoms with Gasteiger partial charge in [0.05, 0.1) is 5.52 Å². The van der Waals surface area contributed by atoms with Crippen molar-refractivity contribution in [1.82, 2.24) is 9.47 Å². The van der Waals surface area contributed by atoms with Crippen LogP contribution in [0.1, 0.15) is 50.8 Å². The van der Waals surface area contributed by atoms with Crippen molar-refractivity contribution in [3.8, 4) is 0 Å². The van der Waals surface area contributed by atoms with Gasteiger partial charge in [0.25, 0.3) is 0 Å². The molecule has 1 aliphatic heterocycles. The number of hydrogen-bond acceptors (Lipinski definition) is 3. The van der Waals surface area contributed by atoms with Crippen molar-refractivity contribution in [2.75, 3.05) is 19.7 Å². The number of amides is 1. The molecule has 1 aromatic carbocycles. The molecule has 2 heterocycles. The van der Waals surface area contributed by atoms with Crippen LogP contribution in [0.3, 0.4) is 0 Å². The number of para-hydroxylation sites is 1. The Balaban J connectivity index is 1.90. The molecule has 1 atom stereocenters. The molecule has 7 heteroatoms. The molecule has 1 aromatic heterocycles. The molecule has 0 bridgehead atoms. The Kier molecular flexibility index (Phi) is 8.03. The topological polar surface area (TPSA) is 43.7 Å². The van der Waals surface area contributed by atoms with E-state index in [9.17, 15) is 4.79 Å². The first-order valence-electron chi connectivity index (χ1n) is 11.7. The quantitative estimate of drug-likeness (QED) is 0.214. The Hall–Kier alpha value is -1.06. The van der Waals surface area contributed by atoms with Gasteiger partial charge in [-0.15, -0.1) is 0 Å². The molecule has 1 amide bonds. The Morgan fingerprint density at radius 2 is 1.97 bits per heavy atom. The van der Waals surface area contributed by atoms with Crippen molar-refractivity contribution in [1.29, 1.82) is 0 Å². The number of hydrogen-bond donors (Lipinski definition) is 0. The van der Waals surface area contributed by atoms with Crippen molar-refractivity contribution >= 4 is 47.7 Å². The molecular formula is C25H39IN2O3Si. The Labute approximate surface area is 208 Å². The summed E-state index contributed by atoms with van der Waals surface area (Å²) in [6.45, 7) is 17.9. The van der Waals surface area contributed by atoms with Crippen LogP contribution in [-0.4, -0.2) is 48.9 Å². The number of aryl methyl sites for hydroxylation is 1. The number of carbonyl (C=O) groups excluding carboxylic acids is 1. The van der Waals surface area contributed by atoms with Crippen LogP contribution in [-0.2, 0) is 16.2 Å². The van der Waals surface area contributed by atoms with Gasteiger partial charge in [-0.2, -0.15) is 0 Å². The van der Waals surface area contributed by atoms with Gasteiger partial charge in [-0.3, -0.25) is 0 Å². The van der Waals surface area contributed by atoms with Crippen molar-refractivity contribution < 1.29 is 14.3 Å². The van der Waals surface area contributed by atoms with Gasteiger partial charge in [0, 0.05) is 48.3 Å². The monoisotopic (exact) mass is 570 g/mol. The highest BCUT2D eigenvalue weighted by Crippen LogP contribution is 2.38. The lowest BCUT2D eigenvalue weighted by molar-refractivity contribution is 0.0193. The highest BCUT2D eigenvalue weighted by atomic mass is 127. The predicted octanol–water partition coefficient (Wildman–Crippen LogP) is 6.98. The molecule has 3 rings (SSSR count). The van der Waals surface area contributed by atoms with Crippen LogP contribution in [0.15, 0.2) is 18.2 Å². The molecule has 5 nitrogen and oxygen atoms in total. The number of ether oxygens (including phenoxy) is 2. The van der Waals surface area contributed by atoms with Crippen molar-refractivity contribution in [3.05, 3.63) is 33.0 Å². The average molecular weight is 571 g/mol. The second kappa shape index (κ2) is 10.1. The summed E-state index contributed by atoms with van der Waals surface area (Å²) in [7, 11) is -1.14. The first-order valence-corrected chi connectivity index (χ1v) is 16.5. The first kappa shape index (κ1) is 25.6. The van der Waals surface area contributed by atoms with Crippen LogP contribution in [0.4, 0.5) is 4.79 Å². The van der Waals surface area contributed by atoms with E-state index in [1.54, 1.807) is 0 Å². The molecule has 178 valence electrons. The normalized spacial score (nSPS) is 17.8. The van der Waals surface area contributed by atoms with Gasteiger partial charge in [0.15, 0.2) is 0 Å². The molecule has 1 unspecified atom stereocenters. The summed E-state index contributed by atoms with van der Waals surface area (Å²) in [5.41, 5.74) is 3.35. The summed E-state index contributed by atoms with van der Waals surface area (Å²) in [4.78, 5) is 14.7. The van der Waals surface area contributed by atoms with Crippen LogP contribution in [0.5, 0.6) is 0 Å². The largest absolute Gasteiger partial charge is 0.444 e. The van der Waals surface area contributed by atoms with E-state index < -0.39 is 13.7 Å². The van der Waals surface area contributed by atoms with Crippen LogP contribution < -0.4 is 0 Å². The molecule has 0 aliphatic carbocycles. The van der Waals surface area contributed by atoms with E-state index >= 15 is 0 Å². The zero-order chi connectivity index (χ0) is 23.7. The lowest BCUT2D eigenvalue weighted by atomic mass is 9.94. The van der Waals surface area contributed by atoms with Gasteiger partial charge >= 0.3 is 6.09 Å². The first-order chi connectivity index (χ1) is 14.9. The fourth-order valence-corrected chi connectivity index (χ4v) is 6.26. The van der Waals surface area contributed by atoms with Crippen LogP contribution in [0.2, 0.25) is 25.7 Å². The molecule has 1 aliphatic rings. The highest BCUT2D eigenvalue weighted by Gasteiger charge is 2.32. The fraction of sp³-hybridized carbons (Fsp3) is 0.640. The van der Waals surface area contributed by atoms with E-state index in [-0.39, 0.29) is 12.0 Å². The fourth-order valence-electron chi connectivity index (χ4n) is 4.33.